The van der Waals surface area contributed by atoms with Gasteiger partial charge < -0.3 is 18.6 Å². The molecule has 2 fully saturated rings. The van der Waals surface area contributed by atoms with Crippen LogP contribution in [0.25, 0.3) is 17.4 Å². The van der Waals surface area contributed by atoms with Gasteiger partial charge in [0.25, 0.3) is 5.79 Å². The van der Waals surface area contributed by atoms with Gasteiger partial charge in [-0.05, 0) is 37.1 Å². The van der Waals surface area contributed by atoms with E-state index in [4.69, 9.17) is 18.6 Å². The highest BCUT2D eigenvalue weighted by Gasteiger charge is 2.48. The summed E-state index contributed by atoms with van der Waals surface area (Å²) in [6, 6.07) is 10.0. The summed E-state index contributed by atoms with van der Waals surface area (Å²) >= 11 is 0. The summed E-state index contributed by atoms with van der Waals surface area (Å²) in [6.45, 7) is 0. The highest BCUT2D eigenvalue weighted by molar-refractivity contribution is 6.18. The molecule has 0 unspecified atom stereocenters. The maximum absolute atomic E-state index is 12.3. The fourth-order valence-electron chi connectivity index (χ4n) is 3.43. The van der Waals surface area contributed by atoms with Crippen LogP contribution in [0, 0.1) is 0 Å². The van der Waals surface area contributed by atoms with E-state index in [0.717, 1.165) is 12.8 Å². The predicted octanol–water partition coefficient (Wildman–Crippen LogP) is 3.49. The van der Waals surface area contributed by atoms with Gasteiger partial charge in [0.2, 0.25) is 0 Å². The maximum Gasteiger partial charge on any atom is 0.349 e. The van der Waals surface area contributed by atoms with Crippen molar-refractivity contribution in [3.63, 3.8) is 0 Å². The normalized spacial score (nSPS) is 18.0. The molecule has 1 saturated heterocycles. The molecule has 1 spiro atoms. The van der Waals surface area contributed by atoms with E-state index in [-0.39, 0.29) is 5.57 Å². The van der Waals surface area contributed by atoms with Gasteiger partial charge in [0.1, 0.15) is 17.1 Å². The molecule has 4 rings (SSSR count). The number of hydrogen-bond acceptors (Lipinski definition) is 7. The highest BCUT2D eigenvalue weighted by atomic mass is 16.7. The van der Waals surface area contributed by atoms with Crippen LogP contribution < -0.4 is 0 Å². The van der Waals surface area contributed by atoms with Crippen molar-refractivity contribution in [1.82, 2.24) is 0 Å². The molecule has 7 nitrogen and oxygen atoms in total. The Balaban J connectivity index is 1.57. The van der Waals surface area contributed by atoms with Crippen LogP contribution in [-0.4, -0.2) is 30.8 Å². The second kappa shape index (κ2) is 6.99. The van der Waals surface area contributed by atoms with Crippen LogP contribution in [0.1, 0.15) is 41.8 Å². The zero-order chi connectivity index (χ0) is 19.7. The molecule has 1 aliphatic carbocycles. The van der Waals surface area contributed by atoms with Gasteiger partial charge in [-0.15, -0.1) is 0 Å². The van der Waals surface area contributed by atoms with E-state index in [1.54, 1.807) is 36.4 Å². The largest absolute Gasteiger partial charge is 0.465 e. The van der Waals surface area contributed by atoms with E-state index in [1.165, 1.54) is 13.2 Å². The molecule has 1 aromatic heterocycles. The molecular formula is C21H18O7. The minimum atomic E-state index is -1.10. The molecule has 0 atom stereocenters. The SMILES string of the molecule is COC(=O)c1cccc(-c2ccc(C=C3C(=O)OC4(CCCC4)OC3=O)o2)c1. The molecule has 144 valence electrons. The topological polar surface area (TPSA) is 92.0 Å². The summed E-state index contributed by atoms with van der Waals surface area (Å²) in [6.07, 6.45) is 4.07. The number of carbonyl (C=O) groups is 3. The quantitative estimate of drug-likeness (QED) is 0.456. The van der Waals surface area contributed by atoms with E-state index < -0.39 is 23.7 Å². The van der Waals surface area contributed by atoms with Crippen LogP contribution in [0.2, 0.25) is 0 Å². The summed E-state index contributed by atoms with van der Waals surface area (Å²) in [4.78, 5) is 36.3. The minimum Gasteiger partial charge on any atom is -0.465 e. The lowest BCUT2D eigenvalue weighted by Crippen LogP contribution is -2.44. The Hall–Kier alpha value is -3.35. The fourth-order valence-corrected chi connectivity index (χ4v) is 3.43. The molecule has 28 heavy (non-hydrogen) atoms. The molecule has 7 heteroatoms. The Labute approximate surface area is 160 Å². The van der Waals surface area contributed by atoms with Gasteiger partial charge in [0.05, 0.1) is 12.7 Å². The third-order valence-electron chi connectivity index (χ3n) is 4.84. The van der Waals surface area contributed by atoms with Crippen molar-refractivity contribution < 1.29 is 33.0 Å². The van der Waals surface area contributed by atoms with Crippen molar-refractivity contribution in [2.24, 2.45) is 0 Å². The number of methoxy groups -OCH3 is 1. The Morgan fingerprint density at radius 3 is 2.46 bits per heavy atom. The number of benzene rings is 1. The molecule has 0 radical (unpaired) electrons. The Morgan fingerprint density at radius 1 is 1.07 bits per heavy atom. The maximum atomic E-state index is 12.3. The summed E-state index contributed by atoms with van der Waals surface area (Å²) in [5, 5.41) is 0. The van der Waals surface area contributed by atoms with Gasteiger partial charge in [0, 0.05) is 24.5 Å². The van der Waals surface area contributed by atoms with Gasteiger partial charge in [-0.2, -0.15) is 0 Å². The second-order valence-corrected chi connectivity index (χ2v) is 6.73. The molecule has 2 aliphatic rings. The van der Waals surface area contributed by atoms with Gasteiger partial charge in [0.15, 0.2) is 0 Å². The zero-order valence-corrected chi connectivity index (χ0v) is 15.2. The number of rotatable bonds is 3. The van der Waals surface area contributed by atoms with Crippen molar-refractivity contribution in [2.45, 2.75) is 31.5 Å². The van der Waals surface area contributed by atoms with Crippen molar-refractivity contribution in [3.05, 3.63) is 53.3 Å². The smallest absolute Gasteiger partial charge is 0.349 e. The molecule has 1 saturated carbocycles. The van der Waals surface area contributed by atoms with Crippen molar-refractivity contribution in [1.29, 1.82) is 0 Å². The van der Waals surface area contributed by atoms with E-state index in [9.17, 15) is 14.4 Å². The molecule has 0 amide bonds. The molecule has 2 aromatic rings. The molecule has 2 heterocycles. The van der Waals surface area contributed by atoms with Gasteiger partial charge >= 0.3 is 17.9 Å². The van der Waals surface area contributed by atoms with E-state index in [2.05, 4.69) is 0 Å². The first kappa shape index (κ1) is 18.0. The fraction of sp³-hybridized carbons (Fsp3) is 0.286. The molecule has 1 aliphatic heterocycles. The zero-order valence-electron chi connectivity index (χ0n) is 15.2. The lowest BCUT2D eigenvalue weighted by atomic mass is 10.1. The van der Waals surface area contributed by atoms with Crippen molar-refractivity contribution in [2.75, 3.05) is 7.11 Å². The van der Waals surface area contributed by atoms with E-state index >= 15 is 0 Å². The summed E-state index contributed by atoms with van der Waals surface area (Å²) in [5.74, 6) is -2.20. The Bertz CT molecular complexity index is 954. The first-order valence-electron chi connectivity index (χ1n) is 8.97. The van der Waals surface area contributed by atoms with Crippen LogP contribution >= 0.6 is 0 Å². The number of ether oxygens (including phenoxy) is 3. The van der Waals surface area contributed by atoms with E-state index in [0.29, 0.717) is 35.5 Å². The third-order valence-corrected chi connectivity index (χ3v) is 4.84. The summed E-state index contributed by atoms with van der Waals surface area (Å²) < 4.78 is 21.2. The Morgan fingerprint density at radius 2 is 1.79 bits per heavy atom. The first-order valence-corrected chi connectivity index (χ1v) is 8.97. The Kier molecular flexibility index (Phi) is 4.50. The summed E-state index contributed by atoms with van der Waals surface area (Å²) in [7, 11) is 1.31. The van der Waals surface area contributed by atoms with Crippen molar-refractivity contribution in [3.8, 4) is 11.3 Å². The van der Waals surface area contributed by atoms with E-state index in [1.807, 2.05) is 0 Å². The van der Waals surface area contributed by atoms with Gasteiger partial charge in [-0.25, -0.2) is 14.4 Å². The van der Waals surface area contributed by atoms with Gasteiger partial charge in [-0.1, -0.05) is 12.1 Å². The second-order valence-electron chi connectivity index (χ2n) is 6.73. The van der Waals surface area contributed by atoms with Gasteiger partial charge in [-0.3, -0.25) is 0 Å². The molecule has 0 bridgehead atoms. The monoisotopic (exact) mass is 382 g/mol. The van der Waals surface area contributed by atoms with Crippen molar-refractivity contribution >= 4 is 24.0 Å². The van der Waals surface area contributed by atoms with Crippen LogP contribution in [0.5, 0.6) is 0 Å². The molecule has 1 aromatic carbocycles. The lowest BCUT2D eigenvalue weighted by molar-refractivity contribution is -0.232. The first-order chi connectivity index (χ1) is 13.5. The number of furan rings is 1. The summed E-state index contributed by atoms with van der Waals surface area (Å²) in [5.41, 5.74) is 0.839. The standard InChI is InChI=1S/C21H18O7/c1-25-18(22)14-6-4-5-13(11-14)17-8-7-15(26-17)12-16-19(23)27-21(28-20(16)24)9-2-3-10-21/h4-8,11-12H,2-3,9-10H2,1H3. The van der Waals surface area contributed by atoms with Crippen LogP contribution in [0.3, 0.4) is 0 Å². The average molecular weight is 382 g/mol. The highest BCUT2D eigenvalue weighted by Crippen LogP contribution is 2.38. The van der Waals surface area contributed by atoms with Crippen LogP contribution in [0.15, 0.2) is 46.4 Å². The average Bonchev–Trinajstić information content (AvgIpc) is 3.34. The molecule has 0 N–H and O–H groups in total. The number of esters is 3. The van der Waals surface area contributed by atoms with Crippen LogP contribution in [-0.2, 0) is 23.8 Å². The predicted molar refractivity (Wildman–Crippen MR) is 96.8 cm³/mol. The minimum absolute atomic E-state index is 0.207. The number of carbonyl (C=O) groups excluding carboxylic acids is 3. The third kappa shape index (κ3) is 3.31. The lowest BCUT2D eigenvalue weighted by Gasteiger charge is -2.32. The number of hydrogen-bond donors (Lipinski definition) is 0. The van der Waals surface area contributed by atoms with Crippen LogP contribution in [0.4, 0.5) is 0 Å². The molecular weight excluding hydrogens is 364 g/mol.